The minimum Gasteiger partial charge on any atom is -0.387 e. The van der Waals surface area contributed by atoms with Crippen LogP contribution in [-0.4, -0.2) is 20.1 Å². The summed E-state index contributed by atoms with van der Waals surface area (Å²) in [4.78, 5) is 0. The lowest BCUT2D eigenvalue weighted by molar-refractivity contribution is 0.182. The van der Waals surface area contributed by atoms with Gasteiger partial charge in [0.25, 0.3) is 0 Å². The molecule has 2 aromatic rings. The van der Waals surface area contributed by atoms with Gasteiger partial charge in [-0.05, 0) is 11.1 Å². The van der Waals surface area contributed by atoms with Gasteiger partial charge in [0.1, 0.15) is 0 Å². The van der Waals surface area contributed by atoms with Crippen LogP contribution < -0.4 is 4.72 Å². The molecule has 106 valence electrons. The first kappa shape index (κ1) is 14.7. The van der Waals surface area contributed by atoms with Crippen LogP contribution in [0.5, 0.6) is 0 Å². The van der Waals surface area contributed by atoms with E-state index in [1.54, 1.807) is 48.5 Å². The van der Waals surface area contributed by atoms with Crippen LogP contribution in [0.3, 0.4) is 0 Å². The summed E-state index contributed by atoms with van der Waals surface area (Å²) in [5, 5.41) is 9.92. The highest BCUT2D eigenvalue weighted by Gasteiger charge is 2.14. The van der Waals surface area contributed by atoms with Gasteiger partial charge in [-0.2, -0.15) is 0 Å². The van der Waals surface area contributed by atoms with Gasteiger partial charge in [0.05, 0.1) is 11.9 Å². The van der Waals surface area contributed by atoms with Crippen molar-refractivity contribution < 1.29 is 13.5 Å². The highest BCUT2D eigenvalue weighted by Crippen LogP contribution is 2.11. The minimum atomic E-state index is -3.45. The molecule has 1 atom stereocenters. The number of hydrogen-bond acceptors (Lipinski definition) is 3. The van der Waals surface area contributed by atoms with E-state index < -0.39 is 16.1 Å². The number of hydrogen-bond donors (Lipinski definition) is 2. The number of benzene rings is 2. The lowest BCUT2D eigenvalue weighted by atomic mass is 10.1. The average Bonchev–Trinajstić information content (AvgIpc) is 2.46. The summed E-state index contributed by atoms with van der Waals surface area (Å²) in [5.74, 6) is -0.0879. The Morgan fingerprint density at radius 1 is 0.950 bits per heavy atom. The van der Waals surface area contributed by atoms with Crippen molar-refractivity contribution in [3.8, 4) is 0 Å². The molecular weight excluding hydrogens is 274 g/mol. The molecule has 0 fully saturated rings. The van der Waals surface area contributed by atoms with E-state index in [9.17, 15) is 13.5 Å². The third kappa shape index (κ3) is 4.45. The summed E-state index contributed by atoms with van der Waals surface area (Å²) < 4.78 is 26.3. The van der Waals surface area contributed by atoms with Gasteiger partial charge < -0.3 is 5.11 Å². The Labute approximate surface area is 119 Å². The summed E-state index contributed by atoms with van der Waals surface area (Å²) in [6.45, 7) is -0.0286. The van der Waals surface area contributed by atoms with E-state index in [1.807, 2.05) is 12.1 Å². The first-order valence-corrected chi connectivity index (χ1v) is 7.96. The van der Waals surface area contributed by atoms with E-state index in [1.165, 1.54) is 0 Å². The smallest absolute Gasteiger partial charge is 0.215 e. The Bertz CT molecular complexity index is 627. The van der Waals surface area contributed by atoms with Crippen molar-refractivity contribution in [1.82, 2.24) is 4.72 Å². The van der Waals surface area contributed by atoms with Gasteiger partial charge in [0.15, 0.2) is 0 Å². The van der Waals surface area contributed by atoms with Crippen LogP contribution in [0.4, 0.5) is 0 Å². The highest BCUT2D eigenvalue weighted by molar-refractivity contribution is 7.88. The number of sulfonamides is 1. The molecule has 0 amide bonds. The predicted octanol–water partition coefficient (Wildman–Crippen LogP) is 1.84. The maximum atomic E-state index is 11.9. The monoisotopic (exact) mass is 291 g/mol. The topological polar surface area (TPSA) is 66.4 Å². The fourth-order valence-corrected chi connectivity index (χ4v) is 2.99. The van der Waals surface area contributed by atoms with Crippen LogP contribution in [0.15, 0.2) is 60.7 Å². The molecule has 20 heavy (non-hydrogen) atoms. The van der Waals surface area contributed by atoms with Gasteiger partial charge in [0, 0.05) is 6.54 Å². The first-order valence-electron chi connectivity index (χ1n) is 6.31. The fourth-order valence-electron chi connectivity index (χ4n) is 1.84. The molecule has 1 unspecified atom stereocenters. The second-order valence-corrected chi connectivity index (χ2v) is 6.33. The van der Waals surface area contributed by atoms with Crippen LogP contribution in [0.2, 0.25) is 0 Å². The van der Waals surface area contributed by atoms with Crippen LogP contribution in [0.1, 0.15) is 17.2 Å². The summed E-state index contributed by atoms with van der Waals surface area (Å²) >= 11 is 0. The van der Waals surface area contributed by atoms with Crippen molar-refractivity contribution >= 4 is 10.0 Å². The molecule has 0 bridgehead atoms. The van der Waals surface area contributed by atoms with Gasteiger partial charge in [-0.25, -0.2) is 13.1 Å². The summed E-state index contributed by atoms with van der Waals surface area (Å²) in [6, 6.07) is 17.9. The maximum absolute atomic E-state index is 11.9. The molecule has 0 heterocycles. The molecule has 0 aromatic heterocycles. The number of aliphatic hydroxyl groups excluding tert-OH is 1. The molecule has 0 saturated heterocycles. The molecule has 4 nitrogen and oxygen atoms in total. The van der Waals surface area contributed by atoms with Gasteiger partial charge in [0.2, 0.25) is 10.0 Å². The molecule has 0 spiro atoms. The molecular formula is C15H17NO3S. The van der Waals surface area contributed by atoms with Crippen molar-refractivity contribution in [3.63, 3.8) is 0 Å². The Balaban J connectivity index is 1.93. The maximum Gasteiger partial charge on any atom is 0.215 e. The predicted molar refractivity (Wildman–Crippen MR) is 78.5 cm³/mol. The van der Waals surface area contributed by atoms with E-state index >= 15 is 0 Å². The molecule has 0 radical (unpaired) electrons. The molecule has 0 saturated carbocycles. The van der Waals surface area contributed by atoms with Crippen molar-refractivity contribution in [2.24, 2.45) is 0 Å². The highest BCUT2D eigenvalue weighted by atomic mass is 32.2. The van der Waals surface area contributed by atoms with E-state index in [0.717, 1.165) is 0 Å². The quantitative estimate of drug-likeness (QED) is 0.853. The standard InChI is InChI=1S/C15H17NO3S/c17-15(14-9-5-2-6-10-14)11-16-20(18,19)12-13-7-3-1-4-8-13/h1-10,15-17H,11-12H2. The minimum absolute atomic E-state index is 0.0286. The van der Waals surface area contributed by atoms with Gasteiger partial charge in [-0.15, -0.1) is 0 Å². The van der Waals surface area contributed by atoms with Crippen molar-refractivity contribution in [2.45, 2.75) is 11.9 Å². The molecule has 0 aliphatic rings. The first-order chi connectivity index (χ1) is 9.57. The fraction of sp³-hybridized carbons (Fsp3) is 0.200. The zero-order valence-electron chi connectivity index (χ0n) is 10.9. The van der Waals surface area contributed by atoms with Gasteiger partial charge in [-0.3, -0.25) is 0 Å². The van der Waals surface area contributed by atoms with Crippen LogP contribution in [-0.2, 0) is 15.8 Å². The molecule has 0 aliphatic carbocycles. The third-order valence-electron chi connectivity index (χ3n) is 2.88. The summed E-state index contributed by atoms with van der Waals surface area (Å²) in [5.41, 5.74) is 1.41. The largest absolute Gasteiger partial charge is 0.387 e. The Morgan fingerprint density at radius 2 is 1.50 bits per heavy atom. The zero-order chi connectivity index (χ0) is 14.4. The molecule has 2 aromatic carbocycles. The summed E-state index contributed by atoms with van der Waals surface area (Å²) in [6.07, 6.45) is -0.846. The average molecular weight is 291 g/mol. The normalized spacial score (nSPS) is 13.1. The van der Waals surface area contributed by atoms with Crippen LogP contribution >= 0.6 is 0 Å². The van der Waals surface area contributed by atoms with E-state index in [-0.39, 0.29) is 12.3 Å². The third-order valence-corrected chi connectivity index (χ3v) is 4.20. The number of nitrogens with one attached hydrogen (secondary N) is 1. The van der Waals surface area contributed by atoms with E-state index in [2.05, 4.69) is 4.72 Å². The Hall–Kier alpha value is -1.69. The molecule has 5 heteroatoms. The number of aliphatic hydroxyl groups is 1. The van der Waals surface area contributed by atoms with E-state index in [0.29, 0.717) is 11.1 Å². The number of rotatable bonds is 6. The van der Waals surface area contributed by atoms with Crippen molar-refractivity contribution in [2.75, 3.05) is 6.54 Å². The zero-order valence-corrected chi connectivity index (χ0v) is 11.8. The Morgan fingerprint density at radius 3 is 2.10 bits per heavy atom. The van der Waals surface area contributed by atoms with Crippen LogP contribution in [0.25, 0.3) is 0 Å². The van der Waals surface area contributed by atoms with Crippen molar-refractivity contribution in [3.05, 3.63) is 71.8 Å². The second kappa shape index (κ2) is 6.65. The van der Waals surface area contributed by atoms with Crippen molar-refractivity contribution in [1.29, 1.82) is 0 Å². The SMILES string of the molecule is O=S(=O)(Cc1ccccc1)NCC(O)c1ccccc1. The second-order valence-electron chi connectivity index (χ2n) is 4.52. The summed E-state index contributed by atoms with van der Waals surface area (Å²) in [7, 11) is -3.45. The molecule has 0 aliphatic heterocycles. The molecule has 2 N–H and O–H groups in total. The van der Waals surface area contributed by atoms with Crippen LogP contribution in [0, 0.1) is 0 Å². The van der Waals surface area contributed by atoms with Gasteiger partial charge >= 0.3 is 0 Å². The Kier molecular flexibility index (Phi) is 4.89. The van der Waals surface area contributed by atoms with Gasteiger partial charge in [-0.1, -0.05) is 60.7 Å². The van der Waals surface area contributed by atoms with E-state index in [4.69, 9.17) is 0 Å². The molecule has 2 rings (SSSR count). The lowest BCUT2D eigenvalue weighted by Crippen LogP contribution is -2.29. The lowest BCUT2D eigenvalue weighted by Gasteiger charge is -2.12.